The Morgan fingerprint density at radius 3 is 2.30 bits per heavy atom. The van der Waals surface area contributed by atoms with Gasteiger partial charge in [0.1, 0.15) is 0 Å². The van der Waals surface area contributed by atoms with Crippen molar-refractivity contribution in [2.24, 2.45) is 33.5 Å². The van der Waals surface area contributed by atoms with Crippen LogP contribution in [0.2, 0.25) is 0 Å². The van der Waals surface area contributed by atoms with Gasteiger partial charge in [0.2, 0.25) is 0 Å². The normalized spacial score (nSPS) is 46.0. The summed E-state index contributed by atoms with van der Waals surface area (Å²) < 4.78 is 12.6. The van der Waals surface area contributed by atoms with E-state index in [9.17, 15) is 0 Å². The van der Waals surface area contributed by atoms with Gasteiger partial charge in [0.25, 0.3) is 0 Å². The van der Waals surface area contributed by atoms with Crippen LogP contribution in [0.1, 0.15) is 92.4 Å². The van der Waals surface area contributed by atoms with E-state index in [1.807, 2.05) is 5.57 Å². The van der Waals surface area contributed by atoms with Crippen molar-refractivity contribution in [1.82, 2.24) is 0 Å². The maximum atomic E-state index is 6.31. The van der Waals surface area contributed by atoms with Gasteiger partial charge in [0.15, 0.2) is 5.79 Å². The summed E-state index contributed by atoms with van der Waals surface area (Å²) in [5, 5.41) is 0. The fraction of sp³-hybridized carbons (Fsp3) is 0.920. The average molecular weight is 373 g/mol. The lowest BCUT2D eigenvalue weighted by Crippen LogP contribution is -2.63. The SMILES string of the molecule is CCC[C@H]1CC=C2[C@@]3(C)CCC4(OCCO4)C(C)(C)[C@@H]3CC[C@@]2(C)C12CC2. The van der Waals surface area contributed by atoms with Gasteiger partial charge in [-0.05, 0) is 73.0 Å². The quantitative estimate of drug-likeness (QED) is 0.515. The summed E-state index contributed by atoms with van der Waals surface area (Å²) in [6.07, 6.45) is 14.8. The zero-order valence-corrected chi connectivity index (χ0v) is 18.3. The first-order valence-corrected chi connectivity index (χ1v) is 11.7. The molecule has 2 nitrogen and oxygen atoms in total. The summed E-state index contributed by atoms with van der Waals surface area (Å²) in [4.78, 5) is 0. The molecule has 4 fully saturated rings. The molecule has 3 saturated carbocycles. The smallest absolute Gasteiger partial charge is 0.173 e. The van der Waals surface area contributed by atoms with Gasteiger partial charge in [-0.2, -0.15) is 0 Å². The summed E-state index contributed by atoms with van der Waals surface area (Å²) in [6.45, 7) is 14.1. The molecular weight excluding hydrogens is 332 g/mol. The van der Waals surface area contributed by atoms with E-state index in [1.54, 1.807) is 0 Å². The first-order valence-electron chi connectivity index (χ1n) is 11.7. The molecule has 0 amide bonds. The predicted octanol–water partition coefficient (Wildman–Crippen LogP) is 6.50. The number of hydrogen-bond acceptors (Lipinski definition) is 2. The van der Waals surface area contributed by atoms with Crippen molar-refractivity contribution in [3.05, 3.63) is 11.6 Å². The second kappa shape index (κ2) is 5.63. The Bertz CT molecular complexity index is 651. The van der Waals surface area contributed by atoms with Crippen molar-refractivity contribution < 1.29 is 9.47 Å². The molecule has 1 aliphatic heterocycles. The van der Waals surface area contributed by atoms with E-state index in [0.29, 0.717) is 22.2 Å². The van der Waals surface area contributed by atoms with Crippen molar-refractivity contribution in [2.45, 2.75) is 98.2 Å². The molecule has 2 heteroatoms. The molecule has 1 heterocycles. The van der Waals surface area contributed by atoms with Gasteiger partial charge in [-0.1, -0.05) is 52.7 Å². The Labute approximate surface area is 166 Å². The Morgan fingerprint density at radius 1 is 0.963 bits per heavy atom. The predicted molar refractivity (Wildman–Crippen MR) is 109 cm³/mol. The van der Waals surface area contributed by atoms with E-state index in [2.05, 4.69) is 40.7 Å². The standard InChI is InChI=1S/C25H40O2/c1-6-7-18-8-9-20-22(4)12-15-25(26-16-17-27-25)21(2,3)19(22)10-11-23(20,5)24(18)13-14-24/h9,18-19H,6-8,10-17H2,1-5H3/t18-,19-,22-,23+/m0/s1. The minimum absolute atomic E-state index is 0.0790. The van der Waals surface area contributed by atoms with Crippen molar-refractivity contribution in [3.8, 4) is 0 Å². The summed E-state index contributed by atoms with van der Waals surface area (Å²) in [5.41, 5.74) is 3.31. The van der Waals surface area contributed by atoms with E-state index in [4.69, 9.17) is 9.47 Å². The highest BCUT2D eigenvalue weighted by molar-refractivity contribution is 5.37. The van der Waals surface area contributed by atoms with Crippen LogP contribution >= 0.6 is 0 Å². The highest BCUT2D eigenvalue weighted by Gasteiger charge is 2.71. The molecule has 4 atom stereocenters. The Balaban J connectivity index is 1.55. The highest BCUT2D eigenvalue weighted by Crippen LogP contribution is 2.78. The summed E-state index contributed by atoms with van der Waals surface area (Å²) in [5.74, 6) is 1.26. The minimum Gasteiger partial charge on any atom is -0.347 e. The maximum absolute atomic E-state index is 6.31. The summed E-state index contributed by atoms with van der Waals surface area (Å²) >= 11 is 0. The Kier molecular flexibility index (Phi) is 3.89. The number of hydrogen-bond donors (Lipinski definition) is 0. The fourth-order valence-electron chi connectivity index (χ4n) is 8.90. The molecule has 1 saturated heterocycles. The molecule has 4 aliphatic carbocycles. The van der Waals surface area contributed by atoms with Gasteiger partial charge in [-0.15, -0.1) is 0 Å². The van der Waals surface area contributed by atoms with Crippen LogP contribution in [-0.2, 0) is 9.47 Å². The van der Waals surface area contributed by atoms with Crippen LogP contribution in [0.4, 0.5) is 0 Å². The zero-order chi connectivity index (χ0) is 19.1. The van der Waals surface area contributed by atoms with Crippen LogP contribution in [0.3, 0.4) is 0 Å². The van der Waals surface area contributed by atoms with Crippen LogP contribution in [0.15, 0.2) is 11.6 Å². The third kappa shape index (κ3) is 2.10. The Hall–Kier alpha value is -0.340. The lowest BCUT2D eigenvalue weighted by atomic mass is 9.40. The van der Waals surface area contributed by atoms with Crippen LogP contribution in [-0.4, -0.2) is 19.0 Å². The van der Waals surface area contributed by atoms with Crippen molar-refractivity contribution in [3.63, 3.8) is 0 Å². The third-order valence-electron chi connectivity index (χ3n) is 10.4. The molecule has 0 N–H and O–H groups in total. The van der Waals surface area contributed by atoms with Crippen LogP contribution in [0.5, 0.6) is 0 Å². The van der Waals surface area contributed by atoms with Crippen LogP contribution < -0.4 is 0 Å². The van der Waals surface area contributed by atoms with Crippen LogP contribution in [0, 0.1) is 33.5 Å². The molecule has 152 valence electrons. The molecule has 5 rings (SSSR count). The second-order valence-electron chi connectivity index (χ2n) is 11.5. The van der Waals surface area contributed by atoms with Crippen molar-refractivity contribution in [1.29, 1.82) is 0 Å². The molecule has 0 aromatic rings. The molecule has 0 radical (unpaired) electrons. The summed E-state index contributed by atoms with van der Waals surface area (Å²) in [7, 11) is 0. The lowest BCUT2D eigenvalue weighted by molar-refractivity contribution is -0.286. The number of ether oxygens (including phenoxy) is 2. The van der Waals surface area contributed by atoms with Gasteiger partial charge < -0.3 is 9.47 Å². The molecule has 27 heavy (non-hydrogen) atoms. The molecule has 5 aliphatic rings. The van der Waals surface area contributed by atoms with Gasteiger partial charge in [0, 0.05) is 11.8 Å². The lowest BCUT2D eigenvalue weighted by Gasteiger charge is -2.66. The van der Waals surface area contributed by atoms with Crippen molar-refractivity contribution in [2.75, 3.05) is 13.2 Å². The van der Waals surface area contributed by atoms with E-state index in [0.717, 1.165) is 25.6 Å². The average Bonchev–Trinajstić information content (AvgIpc) is 3.27. The molecule has 0 bridgehead atoms. The molecule has 2 spiro atoms. The monoisotopic (exact) mass is 372 g/mol. The van der Waals surface area contributed by atoms with Gasteiger partial charge in [0.05, 0.1) is 13.2 Å². The number of allylic oxidation sites excluding steroid dienone is 2. The number of rotatable bonds is 2. The first-order chi connectivity index (χ1) is 12.8. The van der Waals surface area contributed by atoms with E-state index in [-0.39, 0.29) is 11.2 Å². The van der Waals surface area contributed by atoms with Crippen LogP contribution in [0.25, 0.3) is 0 Å². The molecular formula is C25H40O2. The van der Waals surface area contributed by atoms with Gasteiger partial charge in [-0.3, -0.25) is 0 Å². The summed E-state index contributed by atoms with van der Waals surface area (Å²) in [6, 6.07) is 0. The molecule has 0 aromatic heterocycles. The Morgan fingerprint density at radius 2 is 1.67 bits per heavy atom. The minimum atomic E-state index is -0.331. The number of fused-ring (bicyclic) bond motifs is 4. The molecule has 0 unspecified atom stereocenters. The topological polar surface area (TPSA) is 18.5 Å². The third-order valence-corrected chi connectivity index (χ3v) is 10.4. The second-order valence-corrected chi connectivity index (χ2v) is 11.5. The van der Waals surface area contributed by atoms with Gasteiger partial charge in [-0.25, -0.2) is 0 Å². The van der Waals surface area contributed by atoms with E-state index >= 15 is 0 Å². The van der Waals surface area contributed by atoms with E-state index < -0.39 is 0 Å². The largest absolute Gasteiger partial charge is 0.347 e. The van der Waals surface area contributed by atoms with E-state index in [1.165, 1.54) is 51.4 Å². The highest BCUT2D eigenvalue weighted by atomic mass is 16.7. The fourth-order valence-corrected chi connectivity index (χ4v) is 8.90. The zero-order valence-electron chi connectivity index (χ0n) is 18.3. The maximum Gasteiger partial charge on any atom is 0.173 e. The van der Waals surface area contributed by atoms with Gasteiger partial charge >= 0.3 is 0 Å². The molecule has 0 aromatic carbocycles. The van der Waals surface area contributed by atoms with Crippen molar-refractivity contribution >= 4 is 0 Å². The first kappa shape index (κ1) is 18.7.